The average molecular weight is 332 g/mol. The second-order valence-corrected chi connectivity index (χ2v) is 5.51. The van der Waals surface area contributed by atoms with E-state index in [0.717, 1.165) is 16.8 Å². The Morgan fingerprint density at radius 3 is 2.71 bits per heavy atom. The summed E-state index contributed by atoms with van der Waals surface area (Å²) < 4.78 is 18.1. The molecule has 1 heterocycles. The van der Waals surface area contributed by atoms with Crippen LogP contribution < -0.4 is 5.32 Å². The molecule has 1 amide bonds. The highest BCUT2D eigenvalue weighted by Gasteiger charge is 2.18. The monoisotopic (exact) mass is 332 g/mol. The summed E-state index contributed by atoms with van der Waals surface area (Å²) in [5, 5.41) is 2.66. The van der Waals surface area contributed by atoms with Crippen molar-refractivity contribution in [3.05, 3.63) is 52.6 Å². The number of H-pyrrole nitrogens is 1. The second-order valence-electron chi connectivity index (χ2n) is 5.51. The number of amides is 1. The third kappa shape index (κ3) is 4.22. The van der Waals surface area contributed by atoms with Crippen LogP contribution in [-0.2, 0) is 16.0 Å². The van der Waals surface area contributed by atoms with E-state index in [2.05, 4.69) is 10.3 Å². The largest absolute Gasteiger partial charge is 0.461 e. The number of rotatable bonds is 6. The number of ether oxygens (including phenoxy) is 1. The summed E-state index contributed by atoms with van der Waals surface area (Å²) in [6, 6.07) is 5.76. The summed E-state index contributed by atoms with van der Waals surface area (Å²) in [6.45, 7) is 5.74. The van der Waals surface area contributed by atoms with E-state index in [1.807, 2.05) is 13.8 Å². The molecule has 2 N–H and O–H groups in total. The van der Waals surface area contributed by atoms with E-state index < -0.39 is 11.8 Å². The maximum atomic E-state index is 13.1. The maximum Gasteiger partial charge on any atom is 0.355 e. The molecule has 0 spiro atoms. The quantitative estimate of drug-likeness (QED) is 0.795. The topological polar surface area (TPSA) is 71.2 Å². The summed E-state index contributed by atoms with van der Waals surface area (Å²) in [7, 11) is 0. The van der Waals surface area contributed by atoms with Gasteiger partial charge < -0.3 is 15.0 Å². The normalized spacial score (nSPS) is 10.5. The molecule has 0 atom stereocenters. The Morgan fingerprint density at radius 2 is 2.04 bits per heavy atom. The van der Waals surface area contributed by atoms with Gasteiger partial charge in [0.25, 0.3) is 0 Å². The second kappa shape index (κ2) is 7.77. The van der Waals surface area contributed by atoms with Crippen molar-refractivity contribution in [3.8, 4) is 0 Å². The lowest BCUT2D eigenvalue weighted by Crippen LogP contribution is -2.13. The first-order valence-electron chi connectivity index (χ1n) is 7.83. The molecule has 0 saturated carbocycles. The van der Waals surface area contributed by atoms with Crippen LogP contribution in [-0.4, -0.2) is 23.5 Å². The van der Waals surface area contributed by atoms with Crippen LogP contribution in [0.3, 0.4) is 0 Å². The molecule has 0 radical (unpaired) electrons. The van der Waals surface area contributed by atoms with Crippen LogP contribution in [0.15, 0.2) is 24.3 Å². The molecule has 0 aliphatic rings. The first kappa shape index (κ1) is 17.7. The molecule has 0 aliphatic carbocycles. The van der Waals surface area contributed by atoms with E-state index in [4.69, 9.17) is 4.74 Å². The van der Waals surface area contributed by atoms with Crippen LogP contribution in [0, 0.1) is 19.7 Å². The highest BCUT2D eigenvalue weighted by Crippen LogP contribution is 2.20. The molecule has 2 rings (SSSR count). The van der Waals surface area contributed by atoms with Gasteiger partial charge in [0.15, 0.2) is 0 Å². The van der Waals surface area contributed by atoms with Crippen LogP contribution in [0.1, 0.15) is 40.7 Å². The molecule has 2 aromatic rings. The molecule has 0 bridgehead atoms. The number of halogens is 1. The van der Waals surface area contributed by atoms with Gasteiger partial charge >= 0.3 is 5.97 Å². The molecule has 0 unspecified atom stereocenters. The van der Waals surface area contributed by atoms with Gasteiger partial charge in [-0.25, -0.2) is 9.18 Å². The Labute approximate surface area is 140 Å². The predicted octanol–water partition coefficient (Wildman–Crippen LogP) is 3.52. The van der Waals surface area contributed by atoms with Crippen molar-refractivity contribution in [2.75, 3.05) is 11.9 Å². The van der Waals surface area contributed by atoms with Gasteiger partial charge in [-0.2, -0.15) is 0 Å². The van der Waals surface area contributed by atoms with Crippen molar-refractivity contribution < 1.29 is 18.7 Å². The number of anilines is 1. The van der Waals surface area contributed by atoms with Gasteiger partial charge in [-0.1, -0.05) is 6.07 Å². The zero-order chi connectivity index (χ0) is 17.7. The summed E-state index contributed by atoms with van der Waals surface area (Å²) in [4.78, 5) is 26.9. The van der Waals surface area contributed by atoms with Crippen molar-refractivity contribution in [3.63, 3.8) is 0 Å². The molecule has 1 aromatic heterocycles. The number of hydrogen-bond donors (Lipinski definition) is 2. The lowest BCUT2D eigenvalue weighted by molar-refractivity contribution is -0.116. The van der Waals surface area contributed by atoms with E-state index in [1.165, 1.54) is 18.2 Å². The number of carbonyl (C=O) groups excluding carboxylic acids is 2. The van der Waals surface area contributed by atoms with Gasteiger partial charge in [0.2, 0.25) is 5.91 Å². The number of aromatic nitrogens is 1. The molecule has 0 saturated heterocycles. The number of aryl methyl sites for hydroxylation is 1. The van der Waals surface area contributed by atoms with E-state index in [-0.39, 0.29) is 12.3 Å². The smallest absolute Gasteiger partial charge is 0.355 e. The van der Waals surface area contributed by atoms with Crippen molar-refractivity contribution in [1.29, 1.82) is 0 Å². The Hall–Kier alpha value is -2.63. The molecule has 0 fully saturated rings. The molecule has 0 aliphatic heterocycles. The number of aromatic amines is 1. The molecule has 1 aromatic carbocycles. The first-order valence-corrected chi connectivity index (χ1v) is 7.83. The number of esters is 1. The molecular formula is C18H21FN2O3. The summed E-state index contributed by atoms with van der Waals surface area (Å²) in [5.41, 5.74) is 3.41. The Bertz CT molecular complexity index is 753. The molecule has 6 heteroatoms. The van der Waals surface area contributed by atoms with E-state index in [9.17, 15) is 14.0 Å². The zero-order valence-electron chi connectivity index (χ0n) is 14.0. The third-order valence-corrected chi connectivity index (χ3v) is 3.78. The summed E-state index contributed by atoms with van der Waals surface area (Å²) >= 11 is 0. The van der Waals surface area contributed by atoms with E-state index in [1.54, 1.807) is 13.0 Å². The van der Waals surface area contributed by atoms with Gasteiger partial charge in [-0.15, -0.1) is 0 Å². The minimum atomic E-state index is -0.399. The third-order valence-electron chi connectivity index (χ3n) is 3.78. The SMILES string of the molecule is CCOC(=O)c1[nH]c(C)c(CCC(=O)Nc2cccc(F)c2)c1C. The van der Waals surface area contributed by atoms with E-state index >= 15 is 0 Å². The molecule has 5 nitrogen and oxygen atoms in total. The fourth-order valence-corrected chi connectivity index (χ4v) is 2.60. The summed E-state index contributed by atoms with van der Waals surface area (Å²) in [5.74, 6) is -1.00. The maximum absolute atomic E-state index is 13.1. The van der Waals surface area contributed by atoms with E-state index in [0.29, 0.717) is 24.4 Å². The van der Waals surface area contributed by atoms with Crippen LogP contribution in [0.5, 0.6) is 0 Å². The Kier molecular flexibility index (Phi) is 5.73. The summed E-state index contributed by atoms with van der Waals surface area (Å²) in [6.07, 6.45) is 0.715. The van der Waals surface area contributed by atoms with Gasteiger partial charge in [0.05, 0.1) is 6.61 Å². The minimum absolute atomic E-state index is 0.210. The first-order chi connectivity index (χ1) is 11.4. The van der Waals surface area contributed by atoms with Crippen LogP contribution in [0.2, 0.25) is 0 Å². The van der Waals surface area contributed by atoms with Crippen LogP contribution in [0.25, 0.3) is 0 Å². The van der Waals surface area contributed by atoms with Gasteiger partial charge in [0, 0.05) is 17.8 Å². The van der Waals surface area contributed by atoms with Crippen molar-refractivity contribution in [2.24, 2.45) is 0 Å². The number of nitrogens with one attached hydrogen (secondary N) is 2. The number of carbonyl (C=O) groups is 2. The van der Waals surface area contributed by atoms with Gasteiger partial charge in [-0.05, 0) is 56.5 Å². The highest BCUT2D eigenvalue weighted by molar-refractivity contribution is 5.91. The Morgan fingerprint density at radius 1 is 1.29 bits per heavy atom. The van der Waals surface area contributed by atoms with Crippen molar-refractivity contribution in [1.82, 2.24) is 4.98 Å². The number of benzene rings is 1. The van der Waals surface area contributed by atoms with Gasteiger partial charge in [0.1, 0.15) is 11.5 Å². The molecule has 128 valence electrons. The zero-order valence-corrected chi connectivity index (χ0v) is 14.0. The lowest BCUT2D eigenvalue weighted by atomic mass is 10.0. The fraction of sp³-hybridized carbons (Fsp3) is 0.333. The standard InChI is InChI=1S/C18H21FN2O3/c1-4-24-18(23)17-11(2)15(12(3)20-17)8-9-16(22)21-14-7-5-6-13(19)10-14/h5-7,10,20H,4,8-9H2,1-3H3,(H,21,22). The number of hydrogen-bond acceptors (Lipinski definition) is 3. The Balaban J connectivity index is 2.01. The molecule has 24 heavy (non-hydrogen) atoms. The van der Waals surface area contributed by atoms with Crippen molar-refractivity contribution >= 4 is 17.6 Å². The minimum Gasteiger partial charge on any atom is -0.461 e. The predicted molar refractivity (Wildman–Crippen MR) is 89.6 cm³/mol. The average Bonchev–Trinajstić information content (AvgIpc) is 2.80. The van der Waals surface area contributed by atoms with Crippen LogP contribution >= 0.6 is 0 Å². The van der Waals surface area contributed by atoms with Gasteiger partial charge in [-0.3, -0.25) is 4.79 Å². The lowest BCUT2D eigenvalue weighted by Gasteiger charge is -2.06. The van der Waals surface area contributed by atoms with Crippen molar-refractivity contribution in [2.45, 2.75) is 33.6 Å². The fourth-order valence-electron chi connectivity index (χ4n) is 2.60. The highest BCUT2D eigenvalue weighted by atomic mass is 19.1. The van der Waals surface area contributed by atoms with Crippen LogP contribution in [0.4, 0.5) is 10.1 Å². The molecular weight excluding hydrogens is 311 g/mol.